The van der Waals surface area contributed by atoms with Crippen LogP contribution in [0.25, 0.3) is 11.0 Å². The van der Waals surface area contributed by atoms with Crippen molar-refractivity contribution in [2.75, 3.05) is 38.1 Å². The summed E-state index contributed by atoms with van der Waals surface area (Å²) in [4.78, 5) is 36.9. The van der Waals surface area contributed by atoms with Crippen molar-refractivity contribution in [3.8, 4) is 0 Å². The molecule has 0 radical (unpaired) electrons. The average Bonchev–Trinajstić information content (AvgIpc) is 3.28. The quantitative estimate of drug-likeness (QED) is 0.437. The number of anilines is 1. The molecule has 0 saturated carbocycles. The van der Waals surface area contributed by atoms with E-state index in [0.717, 1.165) is 18.2 Å². The van der Waals surface area contributed by atoms with E-state index in [9.17, 15) is 14.7 Å². The van der Waals surface area contributed by atoms with Crippen LogP contribution in [0.15, 0.2) is 48.8 Å². The predicted octanol–water partition coefficient (Wildman–Crippen LogP) is 2.04. The fourth-order valence-electron chi connectivity index (χ4n) is 3.49. The first-order valence-electron chi connectivity index (χ1n) is 10.8. The molecule has 1 aliphatic heterocycles. The lowest BCUT2D eigenvalue weighted by Gasteiger charge is -2.30. The number of aliphatic hydroxyl groups excluding tert-OH is 1. The maximum atomic E-state index is 12.7. The van der Waals surface area contributed by atoms with Crippen LogP contribution in [0.2, 0.25) is 0 Å². The highest BCUT2D eigenvalue weighted by Gasteiger charge is 2.24. The molecule has 0 aliphatic carbocycles. The van der Waals surface area contributed by atoms with E-state index in [1.807, 2.05) is 36.4 Å². The number of aromatic amines is 1. The lowest BCUT2D eigenvalue weighted by atomic mass is 9.98. The smallest absolute Gasteiger partial charge is 0.270 e. The number of nitrogens with one attached hydrogen (secondary N) is 3. The van der Waals surface area contributed by atoms with Crippen LogP contribution >= 0.6 is 0 Å². The normalized spacial score (nSPS) is 13.9. The van der Waals surface area contributed by atoms with Crippen molar-refractivity contribution in [3.63, 3.8) is 0 Å². The Bertz CT molecular complexity index is 973. The molecule has 170 valence electrons. The Kier molecular flexibility index (Phi) is 8.56. The van der Waals surface area contributed by atoms with Crippen molar-refractivity contribution < 1.29 is 14.7 Å². The number of fused-ring (bicyclic) bond motifs is 1. The number of aromatic nitrogens is 3. The van der Waals surface area contributed by atoms with E-state index in [-0.39, 0.29) is 24.3 Å². The molecule has 0 unspecified atom stereocenters. The van der Waals surface area contributed by atoms with Gasteiger partial charge in [-0.05, 0) is 24.8 Å². The molecule has 3 heterocycles. The summed E-state index contributed by atoms with van der Waals surface area (Å²) in [6.07, 6.45) is 3.07. The highest BCUT2D eigenvalue weighted by Crippen LogP contribution is 2.23. The van der Waals surface area contributed by atoms with E-state index < -0.39 is 0 Å². The largest absolute Gasteiger partial charge is 0.396 e. The van der Waals surface area contributed by atoms with Crippen LogP contribution in [0.5, 0.6) is 0 Å². The first-order chi connectivity index (χ1) is 15.6. The van der Waals surface area contributed by atoms with Gasteiger partial charge < -0.3 is 25.6 Å². The van der Waals surface area contributed by atoms with Crippen LogP contribution in [-0.2, 0) is 4.79 Å². The molecule has 9 heteroatoms. The van der Waals surface area contributed by atoms with Crippen LogP contribution in [0.1, 0.15) is 30.3 Å². The van der Waals surface area contributed by atoms with Gasteiger partial charge in [-0.2, -0.15) is 0 Å². The second kappa shape index (κ2) is 11.8. The van der Waals surface area contributed by atoms with Crippen molar-refractivity contribution in [3.05, 3.63) is 54.5 Å². The molecule has 32 heavy (non-hydrogen) atoms. The molecular weight excluding hydrogens is 408 g/mol. The Morgan fingerprint density at radius 1 is 1.09 bits per heavy atom. The van der Waals surface area contributed by atoms with Gasteiger partial charge in [0.2, 0.25) is 5.91 Å². The lowest BCUT2D eigenvalue weighted by molar-refractivity contribution is -0.118. The minimum absolute atomic E-state index is 0.0661. The third-order valence-corrected chi connectivity index (χ3v) is 5.27. The Hall–Kier alpha value is -3.46. The second-order valence-corrected chi connectivity index (χ2v) is 7.65. The number of likely N-dealkylation sites (tertiary alicyclic amines) is 1. The standard InChI is InChI=1S/C17H24N6O3.C6H6/c1-11(25)18-4-5-19-15-13-8-14(22-16(13)21-10-20-15)17(26)23-6-2-12(9-24)3-7-23;1-2-4-6-5-3-1/h8,10,12,24H,2-7,9H2,1H3,(H,18,25)(H2,19,20,21,22);1-6H. The summed E-state index contributed by atoms with van der Waals surface area (Å²) >= 11 is 0. The van der Waals surface area contributed by atoms with Gasteiger partial charge in [-0.1, -0.05) is 36.4 Å². The van der Waals surface area contributed by atoms with Gasteiger partial charge in [0.1, 0.15) is 23.5 Å². The summed E-state index contributed by atoms with van der Waals surface area (Å²) in [5, 5.41) is 15.8. The Morgan fingerprint density at radius 2 is 1.75 bits per heavy atom. The summed E-state index contributed by atoms with van der Waals surface area (Å²) in [5.41, 5.74) is 1.07. The zero-order valence-electron chi connectivity index (χ0n) is 18.3. The third-order valence-electron chi connectivity index (χ3n) is 5.27. The topological polar surface area (TPSA) is 123 Å². The van der Waals surface area contributed by atoms with Gasteiger partial charge in [0.25, 0.3) is 5.91 Å². The number of nitrogens with zero attached hydrogens (tertiary/aromatic N) is 3. The number of H-pyrrole nitrogens is 1. The molecule has 4 rings (SSSR count). The zero-order chi connectivity index (χ0) is 22.8. The first-order valence-corrected chi connectivity index (χ1v) is 10.8. The maximum absolute atomic E-state index is 12.7. The van der Waals surface area contributed by atoms with Gasteiger partial charge in [0.05, 0.1) is 5.39 Å². The summed E-state index contributed by atoms with van der Waals surface area (Å²) < 4.78 is 0. The Balaban J connectivity index is 0.000000416. The van der Waals surface area contributed by atoms with E-state index in [1.165, 1.54) is 13.3 Å². The van der Waals surface area contributed by atoms with Gasteiger partial charge >= 0.3 is 0 Å². The Morgan fingerprint density at radius 3 is 2.34 bits per heavy atom. The van der Waals surface area contributed by atoms with Crippen LogP contribution in [0, 0.1) is 5.92 Å². The fourth-order valence-corrected chi connectivity index (χ4v) is 3.49. The van der Waals surface area contributed by atoms with Gasteiger partial charge in [-0.15, -0.1) is 0 Å². The van der Waals surface area contributed by atoms with Gasteiger partial charge in [0, 0.05) is 39.7 Å². The van der Waals surface area contributed by atoms with E-state index >= 15 is 0 Å². The number of carbonyl (C=O) groups is 2. The molecule has 0 atom stereocenters. The van der Waals surface area contributed by atoms with Crippen molar-refractivity contribution >= 4 is 28.7 Å². The Labute approximate surface area is 187 Å². The molecule has 2 amide bonds. The number of piperidine rings is 1. The minimum Gasteiger partial charge on any atom is -0.396 e. The summed E-state index contributed by atoms with van der Waals surface area (Å²) in [6, 6.07) is 13.8. The molecule has 2 aromatic heterocycles. The molecular formula is C23H30N6O3. The van der Waals surface area contributed by atoms with E-state index in [2.05, 4.69) is 25.6 Å². The van der Waals surface area contributed by atoms with Crippen molar-refractivity contribution in [2.45, 2.75) is 19.8 Å². The maximum Gasteiger partial charge on any atom is 0.270 e. The highest BCUT2D eigenvalue weighted by molar-refractivity contribution is 5.99. The van der Waals surface area contributed by atoms with Crippen molar-refractivity contribution in [2.24, 2.45) is 5.92 Å². The van der Waals surface area contributed by atoms with E-state index in [1.54, 1.807) is 11.0 Å². The van der Waals surface area contributed by atoms with E-state index in [0.29, 0.717) is 43.3 Å². The minimum atomic E-state index is -0.0841. The molecule has 1 fully saturated rings. The lowest BCUT2D eigenvalue weighted by Crippen LogP contribution is -2.39. The molecule has 0 spiro atoms. The number of hydrogen-bond donors (Lipinski definition) is 4. The number of hydrogen-bond acceptors (Lipinski definition) is 6. The molecule has 4 N–H and O–H groups in total. The number of carbonyl (C=O) groups excluding carboxylic acids is 2. The summed E-state index contributed by atoms with van der Waals surface area (Å²) in [5.74, 6) is 0.754. The third kappa shape index (κ3) is 6.52. The van der Waals surface area contributed by atoms with Crippen molar-refractivity contribution in [1.29, 1.82) is 0 Å². The van der Waals surface area contributed by atoms with Crippen LogP contribution < -0.4 is 10.6 Å². The van der Waals surface area contributed by atoms with E-state index in [4.69, 9.17) is 0 Å². The van der Waals surface area contributed by atoms with Gasteiger partial charge in [0.15, 0.2) is 0 Å². The van der Waals surface area contributed by atoms with Gasteiger partial charge in [-0.25, -0.2) is 9.97 Å². The van der Waals surface area contributed by atoms with Crippen molar-refractivity contribution in [1.82, 2.24) is 25.2 Å². The number of amides is 2. The molecule has 3 aromatic rings. The molecule has 1 aliphatic rings. The first kappa shape index (κ1) is 23.2. The number of rotatable bonds is 6. The van der Waals surface area contributed by atoms with Crippen LogP contribution in [-0.4, -0.2) is 69.6 Å². The second-order valence-electron chi connectivity index (χ2n) is 7.65. The predicted molar refractivity (Wildman–Crippen MR) is 123 cm³/mol. The number of benzene rings is 1. The molecule has 1 aromatic carbocycles. The van der Waals surface area contributed by atoms with Crippen LogP contribution in [0.3, 0.4) is 0 Å². The SMILES string of the molecule is CC(=O)NCCNc1ncnc2[nH]c(C(=O)N3CCC(CO)CC3)cc12.c1ccccc1. The average molecular weight is 439 g/mol. The molecule has 9 nitrogen and oxygen atoms in total. The monoisotopic (exact) mass is 438 g/mol. The van der Waals surface area contributed by atoms with Gasteiger partial charge in [-0.3, -0.25) is 9.59 Å². The van der Waals surface area contributed by atoms with Crippen LogP contribution in [0.4, 0.5) is 5.82 Å². The highest BCUT2D eigenvalue weighted by atomic mass is 16.3. The molecule has 1 saturated heterocycles. The summed E-state index contributed by atoms with van der Waals surface area (Å²) in [7, 11) is 0. The zero-order valence-corrected chi connectivity index (χ0v) is 18.3. The summed E-state index contributed by atoms with van der Waals surface area (Å²) in [6.45, 7) is 3.94. The number of aliphatic hydroxyl groups is 1. The fraction of sp³-hybridized carbons (Fsp3) is 0.391. The molecule has 0 bridgehead atoms.